The molecule has 0 atom stereocenters. The summed E-state index contributed by atoms with van der Waals surface area (Å²) in [7, 11) is 0. The molecule has 0 spiro atoms. The Bertz CT molecular complexity index is 489. The van der Waals surface area contributed by atoms with Crippen molar-refractivity contribution in [3.63, 3.8) is 0 Å². The maximum atomic E-state index is 11.8. The number of benzene rings is 1. The third-order valence-electron chi connectivity index (χ3n) is 2.24. The highest BCUT2D eigenvalue weighted by molar-refractivity contribution is 6.34. The molecule has 0 saturated heterocycles. The van der Waals surface area contributed by atoms with E-state index in [4.69, 9.17) is 17.3 Å². The van der Waals surface area contributed by atoms with Crippen molar-refractivity contribution in [3.8, 4) is 0 Å². The van der Waals surface area contributed by atoms with Gasteiger partial charge >= 0.3 is 0 Å². The Morgan fingerprint density at radius 1 is 1.56 bits per heavy atom. The zero-order valence-corrected chi connectivity index (χ0v) is 10.8. The number of hydrogen-bond donors (Lipinski definition) is 2. The number of nitrogens with two attached hydrogens (primary N) is 1. The average molecular weight is 272 g/mol. The molecule has 0 unspecified atom stereocenters. The van der Waals surface area contributed by atoms with Crippen LogP contribution in [0.3, 0.4) is 0 Å². The van der Waals surface area contributed by atoms with Gasteiger partial charge in [0.2, 0.25) is 0 Å². The summed E-state index contributed by atoms with van der Waals surface area (Å²) in [5.41, 5.74) is 5.45. The monoisotopic (exact) mass is 271 g/mol. The highest BCUT2D eigenvalue weighted by Gasteiger charge is 2.18. The van der Waals surface area contributed by atoms with Gasteiger partial charge in [-0.1, -0.05) is 25.4 Å². The van der Waals surface area contributed by atoms with Crippen LogP contribution in [0.15, 0.2) is 12.1 Å². The van der Waals surface area contributed by atoms with Gasteiger partial charge in [0.05, 0.1) is 21.2 Å². The summed E-state index contributed by atoms with van der Waals surface area (Å²) in [6, 6.07) is 2.24. The Balaban J connectivity index is 3.07. The molecule has 3 N–H and O–H groups in total. The number of hydrogen-bond acceptors (Lipinski definition) is 4. The van der Waals surface area contributed by atoms with Gasteiger partial charge < -0.3 is 11.1 Å². The predicted octanol–water partition coefficient (Wildman–Crippen LogP) is 2.22. The first-order valence-corrected chi connectivity index (χ1v) is 5.72. The molecule has 6 nitrogen and oxygen atoms in total. The van der Waals surface area contributed by atoms with Crippen molar-refractivity contribution >= 4 is 28.9 Å². The second kappa shape index (κ2) is 5.68. The van der Waals surface area contributed by atoms with Gasteiger partial charge in [0, 0.05) is 18.7 Å². The summed E-state index contributed by atoms with van der Waals surface area (Å²) in [6.07, 6.45) is 0. The van der Waals surface area contributed by atoms with Crippen LogP contribution in [0.4, 0.5) is 11.4 Å². The lowest BCUT2D eigenvalue weighted by Gasteiger charge is -2.10. The summed E-state index contributed by atoms with van der Waals surface area (Å²) in [6.45, 7) is 4.33. The molecule has 0 fully saturated rings. The molecule has 1 aromatic carbocycles. The van der Waals surface area contributed by atoms with Crippen LogP contribution in [0.1, 0.15) is 24.2 Å². The Hall–Kier alpha value is -1.82. The fraction of sp³-hybridized carbons (Fsp3) is 0.364. The van der Waals surface area contributed by atoms with Gasteiger partial charge in [-0.2, -0.15) is 0 Å². The molecule has 0 aliphatic heterocycles. The normalized spacial score (nSPS) is 10.4. The van der Waals surface area contributed by atoms with E-state index in [1.54, 1.807) is 0 Å². The second-order valence-electron chi connectivity index (χ2n) is 4.25. The molecule has 1 rings (SSSR count). The number of amides is 1. The zero-order chi connectivity index (χ0) is 13.9. The number of halogens is 1. The highest BCUT2D eigenvalue weighted by Crippen LogP contribution is 2.28. The average Bonchev–Trinajstić information content (AvgIpc) is 2.29. The minimum atomic E-state index is -0.620. The van der Waals surface area contributed by atoms with Crippen molar-refractivity contribution in [1.82, 2.24) is 5.32 Å². The van der Waals surface area contributed by atoms with Crippen LogP contribution < -0.4 is 11.1 Å². The largest absolute Gasteiger partial charge is 0.397 e. The number of rotatable bonds is 4. The number of nitrogens with zero attached hydrogens (tertiary/aromatic N) is 1. The first-order valence-electron chi connectivity index (χ1n) is 5.34. The van der Waals surface area contributed by atoms with Crippen LogP contribution in [0, 0.1) is 16.0 Å². The molecule has 0 aliphatic carbocycles. The number of nitro benzene ring substituents is 1. The molecule has 0 aliphatic rings. The number of non-ortho nitro benzene ring substituents is 1. The van der Waals surface area contributed by atoms with Gasteiger partial charge in [-0.25, -0.2) is 0 Å². The zero-order valence-electron chi connectivity index (χ0n) is 10.1. The van der Waals surface area contributed by atoms with Gasteiger partial charge in [0.15, 0.2) is 0 Å². The summed E-state index contributed by atoms with van der Waals surface area (Å²) in [5, 5.41) is 13.3. The summed E-state index contributed by atoms with van der Waals surface area (Å²) in [5.74, 6) is -0.198. The third-order valence-corrected chi connectivity index (χ3v) is 2.55. The van der Waals surface area contributed by atoms with Crippen LogP contribution in [0.5, 0.6) is 0 Å². The van der Waals surface area contributed by atoms with Crippen LogP contribution in [0.25, 0.3) is 0 Å². The van der Waals surface area contributed by atoms with Crippen molar-refractivity contribution < 1.29 is 9.72 Å². The number of nitrogen functional groups attached to an aromatic ring is 1. The topological polar surface area (TPSA) is 98.3 Å². The van der Waals surface area contributed by atoms with Gasteiger partial charge in [-0.3, -0.25) is 14.9 Å². The van der Waals surface area contributed by atoms with E-state index in [1.807, 2.05) is 13.8 Å². The van der Waals surface area contributed by atoms with Crippen LogP contribution in [-0.4, -0.2) is 17.4 Å². The highest BCUT2D eigenvalue weighted by atomic mass is 35.5. The quantitative estimate of drug-likeness (QED) is 0.498. The third kappa shape index (κ3) is 3.33. The van der Waals surface area contributed by atoms with Crippen molar-refractivity contribution in [1.29, 1.82) is 0 Å². The Morgan fingerprint density at radius 3 is 2.67 bits per heavy atom. The van der Waals surface area contributed by atoms with Crippen molar-refractivity contribution in [2.24, 2.45) is 5.92 Å². The number of anilines is 1. The van der Waals surface area contributed by atoms with E-state index in [0.717, 1.165) is 12.1 Å². The molecule has 1 amide bonds. The summed E-state index contributed by atoms with van der Waals surface area (Å²) < 4.78 is 0. The summed E-state index contributed by atoms with van der Waals surface area (Å²) in [4.78, 5) is 21.9. The van der Waals surface area contributed by atoms with E-state index in [9.17, 15) is 14.9 Å². The Morgan fingerprint density at radius 2 is 2.17 bits per heavy atom. The lowest BCUT2D eigenvalue weighted by atomic mass is 10.1. The molecular formula is C11H14ClN3O3. The SMILES string of the molecule is CC(C)CNC(=O)c1cc([N+](=O)[O-])cc(Cl)c1N. The molecule has 98 valence electrons. The fourth-order valence-electron chi connectivity index (χ4n) is 1.29. The van der Waals surface area contributed by atoms with E-state index in [-0.39, 0.29) is 27.9 Å². The van der Waals surface area contributed by atoms with E-state index in [1.165, 1.54) is 0 Å². The second-order valence-corrected chi connectivity index (χ2v) is 4.66. The molecular weight excluding hydrogens is 258 g/mol. The maximum absolute atomic E-state index is 11.8. The standard InChI is InChI=1S/C11H14ClN3O3/c1-6(2)5-14-11(16)8-3-7(15(17)18)4-9(12)10(8)13/h3-4,6H,5,13H2,1-2H3,(H,14,16). The molecule has 18 heavy (non-hydrogen) atoms. The minimum Gasteiger partial charge on any atom is -0.397 e. The molecule has 0 radical (unpaired) electrons. The number of carbonyl (C=O) groups excluding carboxylic acids is 1. The first-order chi connectivity index (χ1) is 8.32. The maximum Gasteiger partial charge on any atom is 0.271 e. The number of nitro groups is 1. The molecule has 1 aromatic rings. The Labute approximate surface area is 109 Å². The van der Waals surface area contributed by atoms with E-state index in [0.29, 0.717) is 6.54 Å². The van der Waals surface area contributed by atoms with Crippen LogP contribution in [-0.2, 0) is 0 Å². The van der Waals surface area contributed by atoms with Crippen LogP contribution >= 0.6 is 11.6 Å². The number of nitrogens with one attached hydrogen (secondary N) is 1. The van der Waals surface area contributed by atoms with Gasteiger partial charge in [-0.05, 0) is 5.92 Å². The van der Waals surface area contributed by atoms with E-state index >= 15 is 0 Å². The smallest absolute Gasteiger partial charge is 0.271 e. The van der Waals surface area contributed by atoms with E-state index in [2.05, 4.69) is 5.32 Å². The molecule has 7 heteroatoms. The van der Waals surface area contributed by atoms with Gasteiger partial charge in [0.1, 0.15) is 0 Å². The first kappa shape index (κ1) is 14.2. The van der Waals surface area contributed by atoms with E-state index < -0.39 is 10.8 Å². The summed E-state index contributed by atoms with van der Waals surface area (Å²) >= 11 is 5.76. The minimum absolute atomic E-state index is 0.00102. The Kier molecular flexibility index (Phi) is 4.49. The van der Waals surface area contributed by atoms with Gasteiger partial charge in [0.25, 0.3) is 11.6 Å². The van der Waals surface area contributed by atoms with Crippen LogP contribution in [0.2, 0.25) is 5.02 Å². The van der Waals surface area contributed by atoms with Crippen molar-refractivity contribution in [2.45, 2.75) is 13.8 Å². The fourth-order valence-corrected chi connectivity index (χ4v) is 1.50. The predicted molar refractivity (Wildman–Crippen MR) is 69.7 cm³/mol. The molecule has 0 saturated carbocycles. The molecule has 0 bridgehead atoms. The van der Waals surface area contributed by atoms with Gasteiger partial charge in [-0.15, -0.1) is 0 Å². The molecule has 0 heterocycles. The lowest BCUT2D eigenvalue weighted by Crippen LogP contribution is -2.28. The number of carbonyl (C=O) groups is 1. The lowest BCUT2D eigenvalue weighted by molar-refractivity contribution is -0.384. The van der Waals surface area contributed by atoms with Crippen molar-refractivity contribution in [2.75, 3.05) is 12.3 Å². The molecule has 0 aromatic heterocycles. The van der Waals surface area contributed by atoms with Crippen molar-refractivity contribution in [3.05, 3.63) is 32.8 Å².